The van der Waals surface area contributed by atoms with Gasteiger partial charge in [0.2, 0.25) is 0 Å². The van der Waals surface area contributed by atoms with Gasteiger partial charge < -0.3 is 19.9 Å². The predicted molar refractivity (Wildman–Crippen MR) is 116 cm³/mol. The van der Waals surface area contributed by atoms with Gasteiger partial charge in [0, 0.05) is 32.0 Å². The van der Waals surface area contributed by atoms with Gasteiger partial charge in [-0.25, -0.2) is 9.98 Å². The molecule has 2 N–H and O–H groups in total. The summed E-state index contributed by atoms with van der Waals surface area (Å²) in [7, 11) is 1.69. The molecule has 154 valence electrons. The van der Waals surface area contributed by atoms with Crippen LogP contribution in [0.5, 0.6) is 5.75 Å². The van der Waals surface area contributed by atoms with Crippen molar-refractivity contribution >= 4 is 5.96 Å². The fraction of sp³-hybridized carbons (Fsp3) is 0.545. The molecule has 6 heteroatoms. The molecule has 0 saturated carbocycles. The monoisotopic (exact) mass is 385 g/mol. The zero-order valence-corrected chi connectivity index (χ0v) is 17.9. The van der Waals surface area contributed by atoms with E-state index in [4.69, 9.17) is 9.73 Å². The van der Waals surface area contributed by atoms with E-state index < -0.39 is 0 Å². The first-order chi connectivity index (χ1) is 13.5. The van der Waals surface area contributed by atoms with E-state index in [1.165, 1.54) is 5.56 Å². The number of nitrogens with one attached hydrogen (secondary N) is 2. The highest BCUT2D eigenvalue weighted by Gasteiger charge is 2.08. The Hall–Kier alpha value is -2.50. The number of ether oxygens (including phenoxy) is 1. The number of rotatable bonds is 10. The van der Waals surface area contributed by atoms with Crippen LogP contribution in [0, 0.1) is 5.92 Å². The fourth-order valence-corrected chi connectivity index (χ4v) is 3.05. The molecule has 1 heterocycles. The molecule has 0 aliphatic carbocycles. The smallest absolute Gasteiger partial charge is 0.191 e. The van der Waals surface area contributed by atoms with Crippen LogP contribution in [0.2, 0.25) is 0 Å². The molecule has 2 aromatic rings. The number of aliphatic imine (C=N–C) groups is 1. The van der Waals surface area contributed by atoms with Crippen molar-refractivity contribution in [2.75, 3.05) is 20.2 Å². The van der Waals surface area contributed by atoms with E-state index in [-0.39, 0.29) is 0 Å². The second kappa shape index (κ2) is 11.4. The maximum Gasteiger partial charge on any atom is 0.191 e. The molecule has 0 fully saturated rings. The summed E-state index contributed by atoms with van der Waals surface area (Å²) in [4.78, 5) is 9.16. The van der Waals surface area contributed by atoms with Gasteiger partial charge in [-0.3, -0.25) is 0 Å². The highest BCUT2D eigenvalue weighted by atomic mass is 16.5. The normalized spacial score (nSPS) is 12.9. The average molecular weight is 386 g/mol. The second-order valence-corrected chi connectivity index (χ2v) is 7.47. The van der Waals surface area contributed by atoms with Gasteiger partial charge in [0.1, 0.15) is 18.1 Å². The summed E-state index contributed by atoms with van der Waals surface area (Å²) in [6, 6.07) is 8.31. The first-order valence-electron chi connectivity index (χ1n) is 10.2. The van der Waals surface area contributed by atoms with E-state index in [0.29, 0.717) is 18.4 Å². The lowest BCUT2D eigenvalue weighted by molar-refractivity contribution is 0.414. The standard InChI is InChI=1S/C22H35N5O/c1-6-23-22(26-15-21-24-13-14-27(21)16-17(2)3)25-12-11-18(4)19-7-9-20(28-5)10-8-19/h7-10,13-14,17-18H,6,11-12,15-16H2,1-5H3,(H2,23,25,26). The number of benzene rings is 1. The Morgan fingerprint density at radius 3 is 2.57 bits per heavy atom. The third-order valence-corrected chi connectivity index (χ3v) is 4.64. The van der Waals surface area contributed by atoms with Crippen molar-refractivity contribution < 1.29 is 4.74 Å². The summed E-state index contributed by atoms with van der Waals surface area (Å²) in [5.41, 5.74) is 1.32. The SMILES string of the molecule is CCNC(=NCc1nccn1CC(C)C)NCCC(C)c1ccc(OC)cc1. The summed E-state index contributed by atoms with van der Waals surface area (Å²) >= 11 is 0. The lowest BCUT2D eigenvalue weighted by Crippen LogP contribution is -2.38. The molecule has 0 amide bonds. The van der Waals surface area contributed by atoms with Gasteiger partial charge in [0.05, 0.1) is 7.11 Å². The van der Waals surface area contributed by atoms with Crippen molar-refractivity contribution in [3.8, 4) is 5.75 Å². The molecule has 28 heavy (non-hydrogen) atoms. The molecular formula is C22H35N5O. The van der Waals surface area contributed by atoms with Crippen LogP contribution < -0.4 is 15.4 Å². The van der Waals surface area contributed by atoms with Gasteiger partial charge in [0.25, 0.3) is 0 Å². The van der Waals surface area contributed by atoms with Crippen molar-refractivity contribution in [3.63, 3.8) is 0 Å². The molecule has 1 atom stereocenters. The van der Waals surface area contributed by atoms with Crippen LogP contribution in [-0.2, 0) is 13.1 Å². The van der Waals surface area contributed by atoms with Gasteiger partial charge in [0.15, 0.2) is 5.96 Å². The summed E-state index contributed by atoms with van der Waals surface area (Å²) in [6.07, 6.45) is 4.91. The predicted octanol–water partition coefficient (Wildman–Crippen LogP) is 3.80. The lowest BCUT2D eigenvalue weighted by Gasteiger charge is -2.15. The first kappa shape index (κ1) is 21.8. The maximum absolute atomic E-state index is 5.23. The molecule has 0 bridgehead atoms. The molecule has 2 rings (SSSR count). The second-order valence-electron chi connectivity index (χ2n) is 7.47. The van der Waals surface area contributed by atoms with Gasteiger partial charge in [-0.15, -0.1) is 0 Å². The number of imidazole rings is 1. The van der Waals surface area contributed by atoms with Crippen LogP contribution in [0.25, 0.3) is 0 Å². The van der Waals surface area contributed by atoms with Crippen molar-refractivity contribution in [1.82, 2.24) is 20.2 Å². The molecule has 0 saturated heterocycles. The Labute approximate surface area is 169 Å². The summed E-state index contributed by atoms with van der Waals surface area (Å²) in [6.45, 7) is 12.0. The molecule has 0 radical (unpaired) electrons. The minimum Gasteiger partial charge on any atom is -0.497 e. The van der Waals surface area contributed by atoms with Crippen LogP contribution in [0.1, 0.15) is 51.4 Å². The number of nitrogens with zero attached hydrogens (tertiary/aromatic N) is 3. The van der Waals surface area contributed by atoms with Crippen LogP contribution in [0.4, 0.5) is 0 Å². The maximum atomic E-state index is 5.23. The van der Waals surface area contributed by atoms with Gasteiger partial charge in [-0.1, -0.05) is 32.9 Å². The number of guanidine groups is 1. The van der Waals surface area contributed by atoms with E-state index in [1.54, 1.807) is 7.11 Å². The highest BCUT2D eigenvalue weighted by Crippen LogP contribution is 2.21. The molecule has 6 nitrogen and oxygen atoms in total. The van der Waals surface area contributed by atoms with Crippen molar-refractivity contribution in [2.45, 2.75) is 53.1 Å². The minimum atomic E-state index is 0.464. The topological polar surface area (TPSA) is 63.5 Å². The third-order valence-electron chi connectivity index (χ3n) is 4.64. The van der Waals surface area contributed by atoms with E-state index >= 15 is 0 Å². The highest BCUT2D eigenvalue weighted by molar-refractivity contribution is 5.79. The summed E-state index contributed by atoms with van der Waals surface area (Å²) < 4.78 is 7.42. The summed E-state index contributed by atoms with van der Waals surface area (Å²) in [5.74, 6) is 3.78. The molecule has 0 aliphatic heterocycles. The first-order valence-corrected chi connectivity index (χ1v) is 10.2. The lowest BCUT2D eigenvalue weighted by atomic mass is 9.98. The van der Waals surface area contributed by atoms with Gasteiger partial charge in [-0.05, 0) is 42.9 Å². The summed E-state index contributed by atoms with van der Waals surface area (Å²) in [5, 5.41) is 6.76. The van der Waals surface area contributed by atoms with Gasteiger partial charge >= 0.3 is 0 Å². The Kier molecular flexibility index (Phi) is 8.85. The molecule has 0 aliphatic rings. The number of methoxy groups -OCH3 is 1. The molecule has 0 spiro atoms. The van der Waals surface area contributed by atoms with Crippen molar-refractivity contribution in [2.24, 2.45) is 10.9 Å². The largest absolute Gasteiger partial charge is 0.497 e. The van der Waals surface area contributed by atoms with Crippen LogP contribution in [0.15, 0.2) is 41.7 Å². The van der Waals surface area contributed by atoms with Crippen molar-refractivity contribution in [3.05, 3.63) is 48.0 Å². The molecule has 1 aromatic heterocycles. The van der Waals surface area contributed by atoms with Crippen molar-refractivity contribution in [1.29, 1.82) is 0 Å². The molecule has 1 aromatic carbocycles. The Balaban J connectivity index is 1.87. The third kappa shape index (κ3) is 6.91. The zero-order valence-electron chi connectivity index (χ0n) is 17.9. The molecular weight excluding hydrogens is 350 g/mol. The quantitative estimate of drug-likeness (QED) is 0.482. The fourth-order valence-electron chi connectivity index (χ4n) is 3.05. The van der Waals surface area contributed by atoms with E-state index in [2.05, 4.69) is 60.0 Å². The van der Waals surface area contributed by atoms with E-state index in [9.17, 15) is 0 Å². The Morgan fingerprint density at radius 2 is 1.93 bits per heavy atom. The molecule has 1 unspecified atom stereocenters. The Morgan fingerprint density at radius 1 is 1.18 bits per heavy atom. The number of hydrogen-bond acceptors (Lipinski definition) is 3. The van der Waals surface area contributed by atoms with Crippen LogP contribution >= 0.6 is 0 Å². The van der Waals surface area contributed by atoms with Crippen LogP contribution in [0.3, 0.4) is 0 Å². The number of hydrogen-bond donors (Lipinski definition) is 2. The zero-order chi connectivity index (χ0) is 20.4. The number of aromatic nitrogens is 2. The average Bonchev–Trinajstić information content (AvgIpc) is 3.12. The minimum absolute atomic E-state index is 0.464. The van der Waals surface area contributed by atoms with E-state index in [0.717, 1.165) is 43.6 Å². The van der Waals surface area contributed by atoms with Crippen LogP contribution in [-0.4, -0.2) is 35.7 Å². The Bertz CT molecular complexity index is 721. The van der Waals surface area contributed by atoms with E-state index in [1.807, 2.05) is 24.5 Å². The van der Waals surface area contributed by atoms with Gasteiger partial charge in [-0.2, -0.15) is 0 Å².